The lowest BCUT2D eigenvalue weighted by molar-refractivity contribution is 0.0754. The number of hydrogen-bond acceptors (Lipinski definition) is 2. The number of amides is 1. The fourth-order valence-electron chi connectivity index (χ4n) is 1.66. The summed E-state index contributed by atoms with van der Waals surface area (Å²) in [5.41, 5.74) is 1.98. The monoisotopic (exact) mass is 287 g/mol. The van der Waals surface area contributed by atoms with Gasteiger partial charge in [0.15, 0.2) is 0 Å². The maximum atomic E-state index is 12.2. The molecule has 0 unspecified atom stereocenters. The molecule has 2 rings (SSSR count). The van der Waals surface area contributed by atoms with Crippen LogP contribution in [0.4, 0.5) is 0 Å². The van der Waals surface area contributed by atoms with Crippen LogP contribution in [-0.2, 0) is 0 Å². The SMILES string of the molecule is Cc1cscc1C(=O)N(CCBr)C1CC1. The maximum absolute atomic E-state index is 12.2. The number of aryl methyl sites for hydroxylation is 1. The van der Waals surface area contributed by atoms with Crippen LogP contribution in [0.15, 0.2) is 10.8 Å². The van der Waals surface area contributed by atoms with Gasteiger partial charge in [-0.2, -0.15) is 11.3 Å². The summed E-state index contributed by atoms with van der Waals surface area (Å²) >= 11 is 5.01. The molecule has 0 aromatic carbocycles. The molecule has 82 valence electrons. The zero-order chi connectivity index (χ0) is 10.8. The lowest BCUT2D eigenvalue weighted by Crippen LogP contribution is -2.34. The third kappa shape index (κ3) is 2.42. The van der Waals surface area contributed by atoms with E-state index in [4.69, 9.17) is 0 Å². The Bertz CT molecular complexity index is 359. The summed E-state index contributed by atoms with van der Waals surface area (Å²) in [6.45, 7) is 2.82. The highest BCUT2D eigenvalue weighted by atomic mass is 79.9. The second-order valence-corrected chi connectivity index (χ2v) is 5.42. The van der Waals surface area contributed by atoms with Gasteiger partial charge >= 0.3 is 0 Å². The Balaban J connectivity index is 2.14. The highest BCUT2D eigenvalue weighted by Gasteiger charge is 2.33. The molecule has 1 aromatic heterocycles. The second-order valence-electron chi connectivity index (χ2n) is 3.89. The molecule has 1 fully saturated rings. The van der Waals surface area contributed by atoms with Gasteiger partial charge in [-0.1, -0.05) is 15.9 Å². The van der Waals surface area contributed by atoms with Crippen molar-refractivity contribution in [1.29, 1.82) is 0 Å². The third-order valence-corrected chi connectivity index (χ3v) is 3.88. The molecule has 1 amide bonds. The summed E-state index contributed by atoms with van der Waals surface area (Å²) in [7, 11) is 0. The van der Waals surface area contributed by atoms with Crippen LogP contribution in [0, 0.1) is 6.92 Å². The van der Waals surface area contributed by atoms with E-state index in [9.17, 15) is 4.79 Å². The molecule has 2 nitrogen and oxygen atoms in total. The molecule has 0 spiro atoms. The van der Waals surface area contributed by atoms with Gasteiger partial charge in [0.2, 0.25) is 0 Å². The van der Waals surface area contributed by atoms with Crippen LogP contribution in [0.1, 0.15) is 28.8 Å². The topological polar surface area (TPSA) is 20.3 Å². The average molecular weight is 288 g/mol. The van der Waals surface area contributed by atoms with Gasteiger partial charge in [-0.15, -0.1) is 0 Å². The van der Waals surface area contributed by atoms with E-state index in [0.29, 0.717) is 6.04 Å². The first-order valence-corrected chi connectivity index (χ1v) is 7.20. The van der Waals surface area contributed by atoms with E-state index in [2.05, 4.69) is 15.9 Å². The lowest BCUT2D eigenvalue weighted by atomic mass is 10.2. The van der Waals surface area contributed by atoms with Gasteiger partial charge in [0.25, 0.3) is 5.91 Å². The van der Waals surface area contributed by atoms with E-state index >= 15 is 0 Å². The Kier molecular flexibility index (Phi) is 3.46. The molecule has 1 aliphatic rings. The van der Waals surface area contributed by atoms with Crippen molar-refractivity contribution in [2.24, 2.45) is 0 Å². The molecule has 1 aromatic rings. The minimum Gasteiger partial charge on any atom is -0.335 e. The molecule has 0 N–H and O–H groups in total. The van der Waals surface area contributed by atoms with E-state index < -0.39 is 0 Å². The first kappa shape index (κ1) is 11.1. The molecule has 0 aliphatic heterocycles. The normalized spacial score (nSPS) is 15.3. The van der Waals surface area contributed by atoms with E-state index in [1.165, 1.54) is 12.8 Å². The molecule has 1 heterocycles. The van der Waals surface area contributed by atoms with Crippen LogP contribution in [0.2, 0.25) is 0 Å². The summed E-state index contributed by atoms with van der Waals surface area (Å²) in [4.78, 5) is 14.2. The zero-order valence-electron chi connectivity index (χ0n) is 8.70. The Hall–Kier alpha value is -0.350. The van der Waals surface area contributed by atoms with Gasteiger partial charge in [0.1, 0.15) is 0 Å². The molecule has 0 saturated heterocycles. The van der Waals surface area contributed by atoms with Crippen molar-refractivity contribution in [3.05, 3.63) is 21.9 Å². The number of rotatable bonds is 4. The van der Waals surface area contributed by atoms with E-state index in [0.717, 1.165) is 23.0 Å². The van der Waals surface area contributed by atoms with Crippen molar-refractivity contribution in [2.75, 3.05) is 11.9 Å². The number of thiophene rings is 1. The Labute approximate surface area is 102 Å². The number of hydrogen-bond donors (Lipinski definition) is 0. The molecule has 0 bridgehead atoms. The van der Waals surface area contributed by atoms with E-state index in [1.807, 2.05) is 22.6 Å². The number of alkyl halides is 1. The van der Waals surface area contributed by atoms with Crippen molar-refractivity contribution in [1.82, 2.24) is 4.90 Å². The number of carbonyl (C=O) groups excluding carboxylic acids is 1. The van der Waals surface area contributed by atoms with Gasteiger partial charge in [-0.05, 0) is 30.7 Å². The molecular weight excluding hydrogens is 274 g/mol. The Morgan fingerprint density at radius 2 is 2.33 bits per heavy atom. The molecule has 4 heteroatoms. The number of nitrogens with zero attached hydrogens (tertiary/aromatic N) is 1. The smallest absolute Gasteiger partial charge is 0.255 e. The van der Waals surface area contributed by atoms with Gasteiger partial charge < -0.3 is 4.90 Å². The van der Waals surface area contributed by atoms with Crippen molar-refractivity contribution in [3.8, 4) is 0 Å². The van der Waals surface area contributed by atoms with Gasteiger partial charge in [-0.3, -0.25) is 4.79 Å². The first-order valence-electron chi connectivity index (χ1n) is 5.13. The van der Waals surface area contributed by atoms with Crippen LogP contribution in [0.25, 0.3) is 0 Å². The van der Waals surface area contributed by atoms with Crippen molar-refractivity contribution in [2.45, 2.75) is 25.8 Å². The highest BCUT2D eigenvalue weighted by Crippen LogP contribution is 2.29. The second kappa shape index (κ2) is 4.66. The summed E-state index contributed by atoms with van der Waals surface area (Å²) < 4.78 is 0. The first-order chi connectivity index (χ1) is 7.24. The predicted molar refractivity (Wildman–Crippen MR) is 66.9 cm³/mol. The van der Waals surface area contributed by atoms with Crippen LogP contribution in [0.5, 0.6) is 0 Å². The Morgan fingerprint density at radius 3 is 2.80 bits per heavy atom. The summed E-state index contributed by atoms with van der Waals surface area (Å²) in [6.07, 6.45) is 2.34. The molecular formula is C11H14BrNOS. The summed E-state index contributed by atoms with van der Waals surface area (Å²) in [5.74, 6) is 0.204. The zero-order valence-corrected chi connectivity index (χ0v) is 11.1. The van der Waals surface area contributed by atoms with Gasteiger partial charge in [0, 0.05) is 23.3 Å². The Morgan fingerprint density at radius 1 is 1.60 bits per heavy atom. The van der Waals surface area contributed by atoms with Crippen LogP contribution < -0.4 is 0 Å². The third-order valence-electron chi connectivity index (χ3n) is 2.66. The standard InChI is InChI=1S/C11H14BrNOS/c1-8-6-15-7-10(8)11(14)13(5-4-12)9-2-3-9/h6-7,9H,2-5H2,1H3. The molecule has 15 heavy (non-hydrogen) atoms. The predicted octanol–water partition coefficient (Wildman–Crippen LogP) is 3.06. The lowest BCUT2D eigenvalue weighted by Gasteiger charge is -2.21. The van der Waals surface area contributed by atoms with Crippen molar-refractivity contribution < 1.29 is 4.79 Å². The van der Waals surface area contributed by atoms with Gasteiger partial charge in [-0.25, -0.2) is 0 Å². The summed E-state index contributed by atoms with van der Waals surface area (Å²) in [6, 6.07) is 0.495. The number of halogens is 1. The molecule has 1 saturated carbocycles. The summed E-state index contributed by atoms with van der Waals surface area (Å²) in [5, 5.41) is 4.85. The highest BCUT2D eigenvalue weighted by molar-refractivity contribution is 9.09. The van der Waals surface area contributed by atoms with E-state index in [-0.39, 0.29) is 5.91 Å². The fourth-order valence-corrected chi connectivity index (χ4v) is 2.87. The van der Waals surface area contributed by atoms with Crippen LogP contribution in [-0.4, -0.2) is 28.7 Å². The largest absolute Gasteiger partial charge is 0.335 e. The molecule has 0 atom stereocenters. The quantitative estimate of drug-likeness (QED) is 0.780. The average Bonchev–Trinajstić information content (AvgIpc) is 2.97. The van der Waals surface area contributed by atoms with Crippen molar-refractivity contribution in [3.63, 3.8) is 0 Å². The minimum absolute atomic E-state index is 0.204. The molecule has 1 aliphatic carbocycles. The molecule has 0 radical (unpaired) electrons. The van der Waals surface area contributed by atoms with E-state index in [1.54, 1.807) is 11.3 Å². The number of carbonyl (C=O) groups is 1. The van der Waals surface area contributed by atoms with Crippen LogP contribution >= 0.6 is 27.3 Å². The minimum atomic E-state index is 0.204. The van der Waals surface area contributed by atoms with Gasteiger partial charge in [0.05, 0.1) is 5.56 Å². The van der Waals surface area contributed by atoms with Crippen molar-refractivity contribution >= 4 is 33.2 Å². The maximum Gasteiger partial charge on any atom is 0.255 e. The fraction of sp³-hybridized carbons (Fsp3) is 0.545. The van der Waals surface area contributed by atoms with Crippen LogP contribution in [0.3, 0.4) is 0 Å².